The van der Waals surface area contributed by atoms with Crippen molar-refractivity contribution in [1.29, 1.82) is 0 Å². The van der Waals surface area contributed by atoms with Crippen LogP contribution in [0.4, 0.5) is 5.82 Å². The van der Waals surface area contributed by atoms with Crippen LogP contribution in [0.1, 0.15) is 6.42 Å². The van der Waals surface area contributed by atoms with Gasteiger partial charge < -0.3 is 10.1 Å². The van der Waals surface area contributed by atoms with Gasteiger partial charge in [-0.2, -0.15) is 5.10 Å². The molecule has 0 aromatic carbocycles. The van der Waals surface area contributed by atoms with E-state index in [0.29, 0.717) is 0 Å². The fourth-order valence-corrected chi connectivity index (χ4v) is 2.30. The number of rotatable bonds is 6. The molecular weight excluding hydrogens is 268 g/mol. The SMILES string of the molecule is c1cnn(-c2cncc(NCCCN3CCOCC3)n2)c1. The van der Waals surface area contributed by atoms with Crippen LogP contribution in [0.25, 0.3) is 5.82 Å². The molecule has 1 aliphatic heterocycles. The van der Waals surface area contributed by atoms with Crippen LogP contribution in [0, 0.1) is 0 Å². The Hall–Kier alpha value is -1.99. The maximum absolute atomic E-state index is 5.34. The largest absolute Gasteiger partial charge is 0.379 e. The molecule has 21 heavy (non-hydrogen) atoms. The molecule has 1 N–H and O–H groups in total. The third-order valence-electron chi connectivity index (χ3n) is 3.42. The normalized spacial score (nSPS) is 16.0. The van der Waals surface area contributed by atoms with Gasteiger partial charge in [0.15, 0.2) is 5.82 Å². The van der Waals surface area contributed by atoms with Gasteiger partial charge in [0.05, 0.1) is 25.6 Å². The molecule has 3 heterocycles. The third kappa shape index (κ3) is 3.99. The van der Waals surface area contributed by atoms with E-state index in [1.54, 1.807) is 23.3 Å². The molecule has 0 amide bonds. The molecule has 0 radical (unpaired) electrons. The van der Waals surface area contributed by atoms with Gasteiger partial charge in [-0.25, -0.2) is 9.67 Å². The highest BCUT2D eigenvalue weighted by Crippen LogP contribution is 2.06. The second kappa shape index (κ2) is 7.14. The number of nitrogens with one attached hydrogen (secondary N) is 1. The van der Waals surface area contributed by atoms with Crippen molar-refractivity contribution in [3.05, 3.63) is 30.9 Å². The Morgan fingerprint density at radius 2 is 2.14 bits per heavy atom. The molecule has 7 heteroatoms. The van der Waals surface area contributed by atoms with Crippen LogP contribution in [0.3, 0.4) is 0 Å². The van der Waals surface area contributed by atoms with Gasteiger partial charge in [-0.3, -0.25) is 9.88 Å². The van der Waals surface area contributed by atoms with Gasteiger partial charge in [-0.15, -0.1) is 0 Å². The smallest absolute Gasteiger partial charge is 0.173 e. The molecule has 0 saturated carbocycles. The van der Waals surface area contributed by atoms with Gasteiger partial charge in [0.1, 0.15) is 5.82 Å². The lowest BCUT2D eigenvalue weighted by atomic mass is 10.3. The number of hydrogen-bond donors (Lipinski definition) is 1. The van der Waals surface area contributed by atoms with E-state index in [1.807, 2.05) is 12.3 Å². The first-order chi connectivity index (χ1) is 10.4. The zero-order valence-corrected chi connectivity index (χ0v) is 12.0. The van der Waals surface area contributed by atoms with Crippen LogP contribution in [-0.4, -0.2) is 64.0 Å². The molecule has 0 aliphatic carbocycles. The Balaban J connectivity index is 1.46. The van der Waals surface area contributed by atoms with Gasteiger partial charge in [0, 0.05) is 32.0 Å². The van der Waals surface area contributed by atoms with Crippen molar-refractivity contribution in [3.63, 3.8) is 0 Å². The number of morpholine rings is 1. The molecule has 0 bridgehead atoms. The summed E-state index contributed by atoms with van der Waals surface area (Å²) in [4.78, 5) is 11.1. The minimum absolute atomic E-state index is 0.721. The van der Waals surface area contributed by atoms with Gasteiger partial charge in [-0.1, -0.05) is 0 Å². The van der Waals surface area contributed by atoms with Crippen molar-refractivity contribution in [2.45, 2.75) is 6.42 Å². The first-order valence-electron chi connectivity index (χ1n) is 7.28. The van der Waals surface area contributed by atoms with Crippen molar-refractivity contribution in [2.24, 2.45) is 0 Å². The topological polar surface area (TPSA) is 68.1 Å². The zero-order valence-electron chi connectivity index (χ0n) is 12.0. The second-order valence-corrected chi connectivity index (χ2v) is 4.95. The van der Waals surface area contributed by atoms with Crippen molar-refractivity contribution in [1.82, 2.24) is 24.6 Å². The minimum atomic E-state index is 0.721. The van der Waals surface area contributed by atoms with E-state index in [9.17, 15) is 0 Å². The third-order valence-corrected chi connectivity index (χ3v) is 3.42. The molecular formula is C14H20N6O. The second-order valence-electron chi connectivity index (χ2n) is 4.95. The molecule has 1 saturated heterocycles. The van der Waals surface area contributed by atoms with Crippen LogP contribution in [0.2, 0.25) is 0 Å². The van der Waals surface area contributed by atoms with Crippen LogP contribution < -0.4 is 5.32 Å². The van der Waals surface area contributed by atoms with E-state index in [4.69, 9.17) is 4.74 Å². The van der Waals surface area contributed by atoms with E-state index >= 15 is 0 Å². The van der Waals surface area contributed by atoms with Crippen LogP contribution in [0.5, 0.6) is 0 Å². The fourth-order valence-electron chi connectivity index (χ4n) is 2.30. The molecule has 2 aromatic heterocycles. The average molecular weight is 288 g/mol. The molecule has 0 atom stereocenters. The lowest BCUT2D eigenvalue weighted by Gasteiger charge is -2.26. The molecule has 3 rings (SSSR count). The summed E-state index contributed by atoms with van der Waals surface area (Å²) in [7, 11) is 0. The van der Waals surface area contributed by atoms with Gasteiger partial charge in [0.25, 0.3) is 0 Å². The van der Waals surface area contributed by atoms with E-state index in [-0.39, 0.29) is 0 Å². The molecule has 112 valence electrons. The molecule has 2 aromatic rings. The Morgan fingerprint density at radius 3 is 2.95 bits per heavy atom. The summed E-state index contributed by atoms with van der Waals surface area (Å²) < 4.78 is 7.04. The summed E-state index contributed by atoms with van der Waals surface area (Å²) >= 11 is 0. The average Bonchev–Trinajstić information content (AvgIpc) is 3.07. The zero-order chi connectivity index (χ0) is 14.3. The highest BCUT2D eigenvalue weighted by atomic mass is 16.5. The monoisotopic (exact) mass is 288 g/mol. The standard InChI is InChI=1S/C14H20N6O/c1(5-19-7-9-21-10-8-19)3-16-13-11-15-12-14(18-13)20-6-2-4-17-20/h2,4,6,11-12H,1,3,5,7-10H2,(H,16,18). The summed E-state index contributed by atoms with van der Waals surface area (Å²) in [5, 5.41) is 7.47. The van der Waals surface area contributed by atoms with Crippen molar-refractivity contribution in [2.75, 3.05) is 44.7 Å². The number of ether oxygens (including phenoxy) is 1. The van der Waals surface area contributed by atoms with Gasteiger partial charge >= 0.3 is 0 Å². The first-order valence-corrected chi connectivity index (χ1v) is 7.28. The molecule has 0 spiro atoms. The Bertz CT molecular complexity index is 538. The number of nitrogens with zero attached hydrogens (tertiary/aromatic N) is 5. The lowest BCUT2D eigenvalue weighted by molar-refractivity contribution is 0.0378. The first kappa shape index (κ1) is 14.0. The molecule has 1 fully saturated rings. The van der Waals surface area contributed by atoms with Crippen molar-refractivity contribution < 1.29 is 4.74 Å². The van der Waals surface area contributed by atoms with Crippen LogP contribution in [-0.2, 0) is 4.74 Å². The van der Waals surface area contributed by atoms with Gasteiger partial charge in [0.2, 0.25) is 0 Å². The molecule has 1 aliphatic rings. The summed E-state index contributed by atoms with van der Waals surface area (Å²) in [6.07, 6.45) is 8.09. The Morgan fingerprint density at radius 1 is 1.24 bits per heavy atom. The highest BCUT2D eigenvalue weighted by Gasteiger charge is 2.09. The van der Waals surface area contributed by atoms with Gasteiger partial charge in [-0.05, 0) is 19.0 Å². The van der Waals surface area contributed by atoms with Crippen molar-refractivity contribution in [3.8, 4) is 5.82 Å². The molecule has 7 nitrogen and oxygen atoms in total. The predicted molar refractivity (Wildman–Crippen MR) is 79.5 cm³/mol. The van der Waals surface area contributed by atoms with E-state index in [2.05, 4.69) is 25.3 Å². The summed E-state index contributed by atoms with van der Waals surface area (Å²) in [6, 6.07) is 1.87. The van der Waals surface area contributed by atoms with Crippen LogP contribution >= 0.6 is 0 Å². The van der Waals surface area contributed by atoms with E-state index in [1.165, 1.54) is 0 Å². The summed E-state index contributed by atoms with van der Waals surface area (Å²) in [5.41, 5.74) is 0. The number of aromatic nitrogens is 4. The summed E-state index contributed by atoms with van der Waals surface area (Å²) in [6.45, 7) is 5.75. The van der Waals surface area contributed by atoms with E-state index < -0.39 is 0 Å². The highest BCUT2D eigenvalue weighted by molar-refractivity contribution is 5.35. The lowest BCUT2D eigenvalue weighted by Crippen LogP contribution is -2.37. The minimum Gasteiger partial charge on any atom is -0.379 e. The Labute approximate surface area is 124 Å². The van der Waals surface area contributed by atoms with Crippen LogP contribution in [0.15, 0.2) is 30.9 Å². The Kier molecular flexibility index (Phi) is 4.75. The predicted octanol–water partition coefficient (Wildman–Crippen LogP) is 0.796. The fraction of sp³-hybridized carbons (Fsp3) is 0.500. The maximum Gasteiger partial charge on any atom is 0.173 e. The van der Waals surface area contributed by atoms with Crippen molar-refractivity contribution >= 4 is 5.82 Å². The quantitative estimate of drug-likeness (QED) is 0.793. The number of hydrogen-bond acceptors (Lipinski definition) is 6. The van der Waals surface area contributed by atoms with E-state index in [0.717, 1.165) is 57.4 Å². The molecule has 0 unspecified atom stereocenters. The number of anilines is 1. The summed E-state index contributed by atoms with van der Waals surface area (Å²) in [5.74, 6) is 1.50. The maximum atomic E-state index is 5.34.